The second-order valence-electron chi connectivity index (χ2n) is 5.90. The third kappa shape index (κ3) is 8.70. The first kappa shape index (κ1) is 18.8. The highest BCUT2D eigenvalue weighted by Crippen LogP contribution is 2.11. The Morgan fingerprint density at radius 1 is 0.476 bits per heavy atom. The van der Waals surface area contributed by atoms with E-state index in [9.17, 15) is 0 Å². The van der Waals surface area contributed by atoms with Crippen LogP contribution in [0.1, 0.15) is 38.5 Å². The minimum Gasteiger partial charge on any atom is -0.396 e. The molecule has 126 valence electrons. The van der Waals surface area contributed by atoms with Crippen molar-refractivity contribution in [3.8, 4) is 0 Å². The van der Waals surface area contributed by atoms with Gasteiger partial charge in [-0.25, -0.2) is 0 Å². The van der Waals surface area contributed by atoms with Crippen molar-refractivity contribution in [2.75, 3.05) is 59.5 Å². The van der Waals surface area contributed by atoms with Crippen molar-refractivity contribution >= 4 is 0 Å². The molecule has 6 heteroatoms. The molecule has 0 aromatic heterocycles. The summed E-state index contributed by atoms with van der Waals surface area (Å²) < 4.78 is 0. The number of hydrogen-bond donors (Lipinski definition) is 3. The van der Waals surface area contributed by atoms with Gasteiger partial charge in [-0.2, -0.15) is 0 Å². The molecular weight excluding hydrogens is 270 g/mol. The fourth-order valence-electron chi connectivity index (χ4n) is 2.75. The van der Waals surface area contributed by atoms with Gasteiger partial charge >= 0.3 is 0 Å². The van der Waals surface area contributed by atoms with Gasteiger partial charge in [0.2, 0.25) is 0 Å². The Hall–Kier alpha value is -0.240. The molecule has 1 saturated heterocycles. The number of rotatable bonds is 12. The van der Waals surface area contributed by atoms with Gasteiger partial charge in [0.25, 0.3) is 0 Å². The Bertz CT molecular complexity index is 200. The quantitative estimate of drug-likeness (QED) is 0.444. The van der Waals surface area contributed by atoms with Gasteiger partial charge in [-0.15, -0.1) is 0 Å². The van der Waals surface area contributed by atoms with E-state index in [4.69, 9.17) is 15.3 Å². The zero-order chi connectivity index (χ0) is 15.3. The number of aliphatic hydroxyl groups is 3. The first-order valence-corrected chi connectivity index (χ1v) is 8.29. The first-order chi connectivity index (χ1) is 10.3. The molecule has 0 bridgehead atoms. The summed E-state index contributed by atoms with van der Waals surface area (Å²) in [4.78, 5) is 7.28. The minimum absolute atomic E-state index is 0.272. The van der Waals surface area contributed by atoms with Crippen LogP contribution >= 0.6 is 0 Å². The summed E-state index contributed by atoms with van der Waals surface area (Å²) in [5.41, 5.74) is 0. The van der Waals surface area contributed by atoms with Crippen molar-refractivity contribution in [2.45, 2.75) is 38.5 Å². The van der Waals surface area contributed by atoms with E-state index in [1.807, 2.05) is 0 Å². The predicted octanol–water partition coefficient (Wildman–Crippen LogP) is 0.0960. The van der Waals surface area contributed by atoms with E-state index in [-0.39, 0.29) is 19.8 Å². The summed E-state index contributed by atoms with van der Waals surface area (Å²) in [5, 5.41) is 26.7. The Labute approximate surface area is 129 Å². The van der Waals surface area contributed by atoms with Crippen LogP contribution in [0.25, 0.3) is 0 Å². The summed E-state index contributed by atoms with van der Waals surface area (Å²) in [5.74, 6) is 0. The van der Waals surface area contributed by atoms with Crippen LogP contribution in [0, 0.1) is 0 Å². The molecule has 0 amide bonds. The number of aliphatic hydroxyl groups excluding tert-OH is 3. The lowest BCUT2D eigenvalue weighted by Gasteiger charge is -2.42. The van der Waals surface area contributed by atoms with E-state index in [1.54, 1.807) is 0 Å². The summed E-state index contributed by atoms with van der Waals surface area (Å²) in [7, 11) is 0. The van der Waals surface area contributed by atoms with Crippen LogP contribution in [0.3, 0.4) is 0 Å². The van der Waals surface area contributed by atoms with Crippen molar-refractivity contribution in [1.82, 2.24) is 14.7 Å². The smallest absolute Gasteiger partial charge is 0.0529 e. The average Bonchev–Trinajstić information content (AvgIpc) is 2.48. The molecule has 1 aliphatic heterocycles. The van der Waals surface area contributed by atoms with Crippen molar-refractivity contribution in [2.24, 2.45) is 0 Å². The summed E-state index contributed by atoms with van der Waals surface area (Å²) >= 11 is 0. The molecule has 1 heterocycles. The molecule has 1 fully saturated rings. The van der Waals surface area contributed by atoms with Crippen LogP contribution in [-0.2, 0) is 0 Å². The lowest BCUT2D eigenvalue weighted by atomic mass is 10.2. The van der Waals surface area contributed by atoms with Crippen molar-refractivity contribution in [3.63, 3.8) is 0 Å². The molecule has 0 aromatic carbocycles. The van der Waals surface area contributed by atoms with Crippen molar-refractivity contribution in [1.29, 1.82) is 0 Å². The molecule has 21 heavy (non-hydrogen) atoms. The number of unbranched alkanes of at least 4 members (excludes halogenated alkanes) is 3. The van der Waals surface area contributed by atoms with E-state index in [1.165, 1.54) is 0 Å². The molecule has 1 aliphatic rings. The lowest BCUT2D eigenvalue weighted by molar-refractivity contribution is -0.0320. The van der Waals surface area contributed by atoms with Crippen LogP contribution in [0.2, 0.25) is 0 Å². The SMILES string of the molecule is OCCCCN1CN(CCCCO)CN(CCCCO)C1. The molecule has 0 radical (unpaired) electrons. The summed E-state index contributed by atoms with van der Waals surface area (Å²) in [6, 6.07) is 0. The predicted molar refractivity (Wildman–Crippen MR) is 83.7 cm³/mol. The van der Waals surface area contributed by atoms with E-state index in [0.29, 0.717) is 0 Å². The molecule has 3 N–H and O–H groups in total. The lowest BCUT2D eigenvalue weighted by Crippen LogP contribution is -2.55. The second kappa shape index (κ2) is 12.3. The fourth-order valence-corrected chi connectivity index (χ4v) is 2.75. The van der Waals surface area contributed by atoms with Gasteiger partial charge in [0.15, 0.2) is 0 Å². The standard InChI is InChI=1S/C15H33N3O3/c19-10-4-1-7-16-13-17(8-2-5-11-20)15-18(14-16)9-3-6-12-21/h19-21H,1-15H2. The van der Waals surface area contributed by atoms with Gasteiger partial charge in [-0.1, -0.05) is 0 Å². The van der Waals surface area contributed by atoms with E-state index < -0.39 is 0 Å². The molecule has 0 atom stereocenters. The highest BCUT2D eigenvalue weighted by atomic mass is 16.3. The first-order valence-electron chi connectivity index (χ1n) is 8.29. The van der Waals surface area contributed by atoms with E-state index in [2.05, 4.69) is 14.7 Å². The van der Waals surface area contributed by atoms with Crippen LogP contribution < -0.4 is 0 Å². The highest BCUT2D eigenvalue weighted by molar-refractivity contribution is 4.70. The van der Waals surface area contributed by atoms with E-state index >= 15 is 0 Å². The van der Waals surface area contributed by atoms with E-state index in [0.717, 1.165) is 78.2 Å². The number of hydrogen-bond acceptors (Lipinski definition) is 6. The van der Waals surface area contributed by atoms with Gasteiger partial charge in [0, 0.05) is 39.5 Å². The third-order valence-electron chi connectivity index (χ3n) is 3.85. The van der Waals surface area contributed by atoms with Crippen LogP contribution in [-0.4, -0.2) is 89.5 Å². The van der Waals surface area contributed by atoms with Gasteiger partial charge in [0.05, 0.1) is 20.0 Å². The summed E-state index contributed by atoms with van der Waals surface area (Å²) in [6.45, 7) is 6.82. The van der Waals surface area contributed by atoms with Crippen molar-refractivity contribution in [3.05, 3.63) is 0 Å². The Kier molecular flexibility index (Phi) is 11.0. The maximum atomic E-state index is 8.90. The Balaban J connectivity index is 2.35. The topological polar surface area (TPSA) is 70.4 Å². The molecule has 0 aromatic rings. The van der Waals surface area contributed by atoms with Crippen LogP contribution in [0.4, 0.5) is 0 Å². The molecule has 6 nitrogen and oxygen atoms in total. The third-order valence-corrected chi connectivity index (χ3v) is 3.85. The van der Waals surface area contributed by atoms with Gasteiger partial charge in [0.1, 0.15) is 0 Å². The van der Waals surface area contributed by atoms with Crippen LogP contribution in [0.5, 0.6) is 0 Å². The number of nitrogens with zero attached hydrogens (tertiary/aromatic N) is 3. The van der Waals surface area contributed by atoms with Crippen LogP contribution in [0.15, 0.2) is 0 Å². The zero-order valence-corrected chi connectivity index (χ0v) is 13.3. The minimum atomic E-state index is 0.272. The maximum Gasteiger partial charge on any atom is 0.0529 e. The second-order valence-corrected chi connectivity index (χ2v) is 5.90. The normalized spacial score (nSPS) is 18.4. The average molecular weight is 303 g/mol. The zero-order valence-electron chi connectivity index (χ0n) is 13.3. The molecule has 0 aliphatic carbocycles. The molecule has 0 unspecified atom stereocenters. The monoisotopic (exact) mass is 303 g/mol. The molecular formula is C15H33N3O3. The Morgan fingerprint density at radius 2 is 0.762 bits per heavy atom. The van der Waals surface area contributed by atoms with Gasteiger partial charge < -0.3 is 15.3 Å². The van der Waals surface area contributed by atoms with Gasteiger partial charge in [-0.3, -0.25) is 14.7 Å². The highest BCUT2D eigenvalue weighted by Gasteiger charge is 2.22. The Morgan fingerprint density at radius 3 is 1.00 bits per heavy atom. The van der Waals surface area contributed by atoms with Crippen molar-refractivity contribution < 1.29 is 15.3 Å². The molecule has 0 saturated carbocycles. The molecule has 1 rings (SSSR count). The fraction of sp³-hybridized carbons (Fsp3) is 1.00. The van der Waals surface area contributed by atoms with Gasteiger partial charge in [-0.05, 0) is 38.5 Å². The molecule has 0 spiro atoms. The largest absolute Gasteiger partial charge is 0.396 e. The summed E-state index contributed by atoms with van der Waals surface area (Å²) in [6.07, 6.45) is 5.70. The maximum absolute atomic E-state index is 8.90.